The van der Waals surface area contributed by atoms with E-state index in [2.05, 4.69) is 37.9 Å². The zero-order valence-corrected chi connectivity index (χ0v) is 15.0. The third kappa shape index (κ3) is 4.96. The van der Waals surface area contributed by atoms with Gasteiger partial charge in [0.15, 0.2) is 0 Å². The van der Waals surface area contributed by atoms with Crippen LogP contribution in [0, 0.1) is 11.3 Å². The lowest BCUT2D eigenvalue weighted by Crippen LogP contribution is -2.53. The summed E-state index contributed by atoms with van der Waals surface area (Å²) < 4.78 is 0. The predicted molar refractivity (Wildman–Crippen MR) is 92.7 cm³/mol. The first-order valence-electron chi connectivity index (χ1n) is 9.53. The Morgan fingerprint density at radius 3 is 2.62 bits per heavy atom. The van der Waals surface area contributed by atoms with E-state index in [0.717, 1.165) is 18.0 Å². The van der Waals surface area contributed by atoms with Crippen molar-refractivity contribution in [2.45, 2.75) is 91.1 Å². The van der Waals surface area contributed by atoms with E-state index in [4.69, 9.17) is 0 Å². The van der Waals surface area contributed by atoms with Crippen LogP contribution in [0.4, 0.5) is 0 Å². The Balaban J connectivity index is 2.00. The van der Waals surface area contributed by atoms with Crippen molar-refractivity contribution in [1.82, 2.24) is 10.2 Å². The van der Waals surface area contributed by atoms with Crippen molar-refractivity contribution in [3.05, 3.63) is 0 Å². The largest absolute Gasteiger partial charge is 0.312 e. The first-order chi connectivity index (χ1) is 10.1. The van der Waals surface area contributed by atoms with E-state index in [1.54, 1.807) is 0 Å². The highest BCUT2D eigenvalue weighted by Crippen LogP contribution is 2.35. The molecule has 124 valence electrons. The Hall–Kier alpha value is -0.0800. The smallest absolute Gasteiger partial charge is 0.0251 e. The summed E-state index contributed by atoms with van der Waals surface area (Å²) in [7, 11) is 0. The molecule has 1 saturated heterocycles. The van der Waals surface area contributed by atoms with E-state index >= 15 is 0 Å². The molecular formula is C19H38N2. The Kier molecular flexibility index (Phi) is 6.55. The Morgan fingerprint density at radius 2 is 1.90 bits per heavy atom. The molecule has 0 aromatic heterocycles. The fourth-order valence-corrected chi connectivity index (χ4v) is 4.35. The van der Waals surface area contributed by atoms with Crippen molar-refractivity contribution in [1.29, 1.82) is 0 Å². The van der Waals surface area contributed by atoms with E-state index in [1.165, 1.54) is 71.0 Å². The molecule has 2 aliphatic rings. The summed E-state index contributed by atoms with van der Waals surface area (Å²) >= 11 is 0. The van der Waals surface area contributed by atoms with Gasteiger partial charge in [-0.15, -0.1) is 0 Å². The second kappa shape index (κ2) is 7.97. The lowest BCUT2D eigenvalue weighted by atomic mass is 9.80. The standard InChI is InChI=1S/C19H38N2/c1-5-12-20-17-9-8-16(6-2)15-18(17)21-13-7-10-19(3,4)11-14-21/h16-18,20H,5-15H2,1-4H3. The fraction of sp³-hybridized carbons (Fsp3) is 1.00. The van der Waals surface area contributed by atoms with Crippen molar-refractivity contribution in [3.63, 3.8) is 0 Å². The number of nitrogens with zero attached hydrogens (tertiary/aromatic N) is 1. The average molecular weight is 295 g/mol. The van der Waals surface area contributed by atoms with Crippen molar-refractivity contribution in [2.75, 3.05) is 19.6 Å². The highest BCUT2D eigenvalue weighted by molar-refractivity contribution is 4.92. The van der Waals surface area contributed by atoms with Gasteiger partial charge in [0.25, 0.3) is 0 Å². The molecule has 0 aromatic carbocycles. The molecule has 1 heterocycles. The number of rotatable bonds is 5. The molecule has 1 aliphatic carbocycles. The minimum atomic E-state index is 0.555. The number of hydrogen-bond acceptors (Lipinski definition) is 2. The molecule has 2 heteroatoms. The summed E-state index contributed by atoms with van der Waals surface area (Å²) in [4.78, 5) is 2.85. The van der Waals surface area contributed by atoms with Crippen LogP contribution in [0.5, 0.6) is 0 Å². The van der Waals surface area contributed by atoms with Gasteiger partial charge in [0.1, 0.15) is 0 Å². The molecule has 0 amide bonds. The van der Waals surface area contributed by atoms with Crippen LogP contribution < -0.4 is 5.32 Å². The fourth-order valence-electron chi connectivity index (χ4n) is 4.35. The molecule has 3 atom stereocenters. The van der Waals surface area contributed by atoms with Crippen LogP contribution in [0.25, 0.3) is 0 Å². The Labute approximate surface area is 133 Å². The Bertz CT molecular complexity index is 300. The van der Waals surface area contributed by atoms with Gasteiger partial charge in [0, 0.05) is 12.1 Å². The molecule has 3 unspecified atom stereocenters. The SMILES string of the molecule is CCCNC1CCC(CC)CC1N1CCCC(C)(C)CC1. The minimum absolute atomic E-state index is 0.555. The predicted octanol–water partition coefficient (Wildman–Crippen LogP) is 4.45. The second-order valence-electron chi connectivity index (χ2n) is 8.27. The van der Waals surface area contributed by atoms with Crippen LogP contribution in [0.1, 0.15) is 79.1 Å². The quantitative estimate of drug-likeness (QED) is 0.806. The van der Waals surface area contributed by atoms with Crippen molar-refractivity contribution < 1.29 is 0 Å². The van der Waals surface area contributed by atoms with Crippen molar-refractivity contribution in [3.8, 4) is 0 Å². The van der Waals surface area contributed by atoms with Gasteiger partial charge in [0.2, 0.25) is 0 Å². The summed E-state index contributed by atoms with van der Waals surface area (Å²) in [6, 6.07) is 1.54. The van der Waals surface area contributed by atoms with Crippen molar-refractivity contribution in [2.24, 2.45) is 11.3 Å². The van der Waals surface area contributed by atoms with Crippen molar-refractivity contribution >= 4 is 0 Å². The van der Waals surface area contributed by atoms with Gasteiger partial charge in [0.05, 0.1) is 0 Å². The molecule has 1 N–H and O–H groups in total. The molecule has 2 nitrogen and oxygen atoms in total. The molecule has 0 bridgehead atoms. The first-order valence-corrected chi connectivity index (χ1v) is 9.53. The molecule has 1 aliphatic heterocycles. The van der Waals surface area contributed by atoms with Gasteiger partial charge in [-0.2, -0.15) is 0 Å². The third-order valence-electron chi connectivity index (χ3n) is 6.00. The summed E-state index contributed by atoms with van der Waals surface area (Å²) in [5.74, 6) is 0.964. The van der Waals surface area contributed by atoms with E-state index in [-0.39, 0.29) is 0 Å². The maximum atomic E-state index is 3.86. The van der Waals surface area contributed by atoms with Gasteiger partial charge >= 0.3 is 0 Å². The van der Waals surface area contributed by atoms with Gasteiger partial charge < -0.3 is 5.32 Å². The Morgan fingerprint density at radius 1 is 1.10 bits per heavy atom. The van der Waals surface area contributed by atoms with Gasteiger partial charge in [-0.05, 0) is 75.9 Å². The van der Waals surface area contributed by atoms with Crippen LogP contribution in [0.3, 0.4) is 0 Å². The van der Waals surface area contributed by atoms with E-state index < -0.39 is 0 Å². The maximum Gasteiger partial charge on any atom is 0.0251 e. The molecule has 0 spiro atoms. The van der Waals surface area contributed by atoms with E-state index in [9.17, 15) is 0 Å². The van der Waals surface area contributed by atoms with Crippen LogP contribution in [-0.4, -0.2) is 36.6 Å². The zero-order valence-electron chi connectivity index (χ0n) is 15.0. The third-order valence-corrected chi connectivity index (χ3v) is 6.00. The lowest BCUT2D eigenvalue weighted by Gasteiger charge is -2.43. The first kappa shape index (κ1) is 17.3. The van der Waals surface area contributed by atoms with Crippen LogP contribution in [-0.2, 0) is 0 Å². The minimum Gasteiger partial charge on any atom is -0.312 e. The van der Waals surface area contributed by atoms with Gasteiger partial charge in [-0.3, -0.25) is 4.90 Å². The normalized spacial score (nSPS) is 34.6. The summed E-state index contributed by atoms with van der Waals surface area (Å²) in [6.45, 7) is 13.4. The number of nitrogens with one attached hydrogen (secondary N) is 1. The number of likely N-dealkylation sites (tertiary alicyclic amines) is 1. The average Bonchev–Trinajstić information content (AvgIpc) is 2.66. The zero-order chi connectivity index (χ0) is 15.3. The molecular weight excluding hydrogens is 256 g/mol. The topological polar surface area (TPSA) is 15.3 Å². The van der Waals surface area contributed by atoms with Gasteiger partial charge in [-0.25, -0.2) is 0 Å². The second-order valence-corrected chi connectivity index (χ2v) is 8.27. The summed E-state index contributed by atoms with van der Waals surface area (Å²) in [5, 5.41) is 3.86. The number of hydrogen-bond donors (Lipinski definition) is 1. The van der Waals surface area contributed by atoms with Gasteiger partial charge in [-0.1, -0.05) is 34.1 Å². The summed E-state index contributed by atoms with van der Waals surface area (Å²) in [6.07, 6.45) is 11.1. The molecule has 0 radical (unpaired) electrons. The lowest BCUT2D eigenvalue weighted by molar-refractivity contribution is 0.0955. The monoisotopic (exact) mass is 294 g/mol. The molecule has 1 saturated carbocycles. The summed E-state index contributed by atoms with van der Waals surface area (Å²) in [5.41, 5.74) is 0.555. The van der Waals surface area contributed by atoms with Crippen LogP contribution in [0.15, 0.2) is 0 Å². The van der Waals surface area contributed by atoms with Crippen LogP contribution in [0.2, 0.25) is 0 Å². The van der Waals surface area contributed by atoms with Crippen LogP contribution >= 0.6 is 0 Å². The highest BCUT2D eigenvalue weighted by Gasteiger charge is 2.35. The molecule has 0 aromatic rings. The molecule has 21 heavy (non-hydrogen) atoms. The van der Waals surface area contributed by atoms with E-state index in [0.29, 0.717) is 5.41 Å². The van der Waals surface area contributed by atoms with E-state index in [1.807, 2.05) is 0 Å². The maximum absolute atomic E-state index is 3.86. The molecule has 2 rings (SSSR count). The molecule has 2 fully saturated rings. The highest BCUT2D eigenvalue weighted by atomic mass is 15.2.